The van der Waals surface area contributed by atoms with Gasteiger partial charge in [0.25, 0.3) is 0 Å². The molecule has 2 aromatic rings. The highest BCUT2D eigenvalue weighted by Crippen LogP contribution is 2.45. The molecule has 26 heavy (non-hydrogen) atoms. The van der Waals surface area contributed by atoms with E-state index in [0.717, 1.165) is 5.56 Å². The molecule has 140 valence electrons. The van der Waals surface area contributed by atoms with Crippen LogP contribution in [0.1, 0.15) is 12.5 Å². The van der Waals surface area contributed by atoms with E-state index in [-0.39, 0.29) is 25.1 Å². The molecule has 8 heteroatoms. The molecule has 1 atom stereocenters. The van der Waals surface area contributed by atoms with E-state index < -0.39 is 13.7 Å². The number of carbonyl (C=O) groups excluding carboxylic acids is 1. The van der Waals surface area contributed by atoms with E-state index in [9.17, 15) is 14.3 Å². The predicted octanol–water partition coefficient (Wildman–Crippen LogP) is 3.58. The zero-order chi connectivity index (χ0) is 18.8. The second kappa shape index (κ2) is 9.85. The van der Waals surface area contributed by atoms with Crippen molar-refractivity contribution >= 4 is 13.7 Å². The highest BCUT2D eigenvalue weighted by Gasteiger charge is 2.23. The Balaban J connectivity index is 1.77. The first kappa shape index (κ1) is 19.8. The van der Waals surface area contributed by atoms with E-state index in [2.05, 4.69) is 5.32 Å². The molecule has 0 aliphatic rings. The third-order valence-electron chi connectivity index (χ3n) is 3.27. The van der Waals surface area contributed by atoms with Gasteiger partial charge in [0.2, 0.25) is 0 Å². The minimum atomic E-state index is -3.95. The van der Waals surface area contributed by atoms with Crippen molar-refractivity contribution in [1.29, 1.82) is 0 Å². The largest absolute Gasteiger partial charge is 0.490 e. The van der Waals surface area contributed by atoms with Crippen LogP contribution < -0.4 is 14.6 Å². The van der Waals surface area contributed by atoms with E-state index in [1.807, 2.05) is 30.3 Å². The second-order valence-electron chi connectivity index (χ2n) is 5.32. The summed E-state index contributed by atoms with van der Waals surface area (Å²) in [6, 6.07) is 15.8. The molecule has 0 aromatic heterocycles. The van der Waals surface area contributed by atoms with E-state index in [4.69, 9.17) is 14.0 Å². The maximum Gasteiger partial charge on any atom is 0.407 e. The molecule has 2 N–H and O–H groups in total. The van der Waals surface area contributed by atoms with Crippen molar-refractivity contribution in [3.05, 3.63) is 60.2 Å². The molecule has 1 unspecified atom stereocenters. The Morgan fingerprint density at radius 1 is 1.08 bits per heavy atom. The molecule has 1 amide bonds. The van der Waals surface area contributed by atoms with Gasteiger partial charge in [-0.25, -0.2) is 9.36 Å². The first-order valence-corrected chi connectivity index (χ1v) is 9.94. The fraction of sp³-hybridized carbons (Fsp3) is 0.278. The molecule has 0 aliphatic heterocycles. The molecule has 2 rings (SSSR count). The van der Waals surface area contributed by atoms with Crippen LogP contribution in [0.4, 0.5) is 4.79 Å². The van der Waals surface area contributed by atoms with Gasteiger partial charge in [-0.2, -0.15) is 0 Å². The van der Waals surface area contributed by atoms with Crippen LogP contribution >= 0.6 is 7.60 Å². The molecule has 0 spiro atoms. The first-order valence-electron chi connectivity index (χ1n) is 8.18. The van der Waals surface area contributed by atoms with Crippen molar-refractivity contribution in [2.24, 2.45) is 0 Å². The number of rotatable bonds is 9. The van der Waals surface area contributed by atoms with Crippen LogP contribution in [-0.2, 0) is 15.9 Å². The van der Waals surface area contributed by atoms with Crippen LogP contribution in [0.25, 0.3) is 0 Å². The molecule has 2 aromatic carbocycles. The predicted molar refractivity (Wildman–Crippen MR) is 97.6 cm³/mol. The lowest BCUT2D eigenvalue weighted by Gasteiger charge is -2.16. The topological polar surface area (TPSA) is 94.1 Å². The summed E-state index contributed by atoms with van der Waals surface area (Å²) in [4.78, 5) is 21.6. The highest BCUT2D eigenvalue weighted by molar-refractivity contribution is 7.53. The Morgan fingerprint density at radius 2 is 1.73 bits per heavy atom. The summed E-state index contributed by atoms with van der Waals surface area (Å²) >= 11 is 0. The molecule has 0 saturated carbocycles. The third-order valence-corrected chi connectivity index (χ3v) is 4.54. The van der Waals surface area contributed by atoms with Crippen molar-refractivity contribution in [1.82, 2.24) is 5.32 Å². The fourth-order valence-electron chi connectivity index (χ4n) is 2.07. The van der Waals surface area contributed by atoms with Gasteiger partial charge < -0.3 is 24.2 Å². The van der Waals surface area contributed by atoms with Gasteiger partial charge in [-0.05, 0) is 24.6 Å². The minimum Gasteiger partial charge on any atom is -0.490 e. The van der Waals surface area contributed by atoms with E-state index in [1.54, 1.807) is 31.2 Å². The Morgan fingerprint density at radius 3 is 2.42 bits per heavy atom. The Kier molecular flexibility index (Phi) is 7.51. The van der Waals surface area contributed by atoms with E-state index in [0.29, 0.717) is 12.4 Å². The quantitative estimate of drug-likeness (QED) is 0.647. The van der Waals surface area contributed by atoms with Crippen molar-refractivity contribution in [2.45, 2.75) is 13.5 Å². The van der Waals surface area contributed by atoms with Gasteiger partial charge >= 0.3 is 13.7 Å². The summed E-state index contributed by atoms with van der Waals surface area (Å²) in [6.45, 7) is 2.28. The SMILES string of the molecule is CCOc1ccccc1OP(=O)(O)CCNC(=O)OCc1ccccc1. The average Bonchev–Trinajstić information content (AvgIpc) is 2.62. The van der Waals surface area contributed by atoms with Gasteiger partial charge in [0.1, 0.15) is 6.61 Å². The van der Waals surface area contributed by atoms with Gasteiger partial charge in [0, 0.05) is 6.54 Å². The van der Waals surface area contributed by atoms with Crippen molar-refractivity contribution in [2.75, 3.05) is 19.3 Å². The summed E-state index contributed by atoms with van der Waals surface area (Å²) < 4.78 is 27.8. The summed E-state index contributed by atoms with van der Waals surface area (Å²) in [5, 5.41) is 2.43. The number of para-hydroxylation sites is 2. The summed E-state index contributed by atoms with van der Waals surface area (Å²) in [6.07, 6.45) is -0.919. The lowest BCUT2D eigenvalue weighted by atomic mass is 10.2. The fourth-order valence-corrected chi connectivity index (χ4v) is 3.02. The lowest BCUT2D eigenvalue weighted by Crippen LogP contribution is -2.27. The number of hydrogen-bond donors (Lipinski definition) is 2. The molecule has 7 nitrogen and oxygen atoms in total. The first-order chi connectivity index (χ1) is 12.5. The van der Waals surface area contributed by atoms with Gasteiger partial charge in [0.15, 0.2) is 11.5 Å². The molecule has 0 bridgehead atoms. The second-order valence-corrected chi connectivity index (χ2v) is 7.23. The lowest BCUT2D eigenvalue weighted by molar-refractivity contribution is 0.140. The number of nitrogens with one attached hydrogen (secondary N) is 1. The van der Waals surface area contributed by atoms with Crippen molar-refractivity contribution in [3.63, 3.8) is 0 Å². The zero-order valence-electron chi connectivity index (χ0n) is 14.5. The van der Waals surface area contributed by atoms with Crippen molar-refractivity contribution < 1.29 is 28.3 Å². The van der Waals surface area contributed by atoms with Gasteiger partial charge in [-0.3, -0.25) is 0 Å². The number of amides is 1. The number of hydrogen-bond acceptors (Lipinski definition) is 5. The van der Waals surface area contributed by atoms with Crippen LogP contribution in [0.5, 0.6) is 11.5 Å². The molecular weight excluding hydrogens is 357 g/mol. The number of benzene rings is 2. The van der Waals surface area contributed by atoms with E-state index >= 15 is 0 Å². The normalized spacial score (nSPS) is 12.7. The number of carbonyl (C=O) groups is 1. The van der Waals surface area contributed by atoms with Crippen LogP contribution in [0.2, 0.25) is 0 Å². The minimum absolute atomic E-state index is 0.0573. The average molecular weight is 379 g/mol. The van der Waals surface area contributed by atoms with Gasteiger partial charge in [0.05, 0.1) is 12.8 Å². The number of alkyl carbamates (subject to hydrolysis) is 1. The smallest absolute Gasteiger partial charge is 0.407 e. The molecular formula is C18H22NO6P. The monoisotopic (exact) mass is 379 g/mol. The van der Waals surface area contributed by atoms with Crippen LogP contribution in [0.15, 0.2) is 54.6 Å². The molecule has 0 fully saturated rings. The van der Waals surface area contributed by atoms with Crippen LogP contribution in [0.3, 0.4) is 0 Å². The number of ether oxygens (including phenoxy) is 2. The maximum absolute atomic E-state index is 12.2. The Labute approximate surface area is 152 Å². The Hall–Kier alpha value is -2.50. The maximum atomic E-state index is 12.2. The van der Waals surface area contributed by atoms with Crippen molar-refractivity contribution in [3.8, 4) is 11.5 Å². The van der Waals surface area contributed by atoms with Crippen LogP contribution in [0, 0.1) is 0 Å². The zero-order valence-corrected chi connectivity index (χ0v) is 15.4. The highest BCUT2D eigenvalue weighted by atomic mass is 31.2. The summed E-state index contributed by atoms with van der Waals surface area (Å²) in [7, 11) is -3.95. The summed E-state index contributed by atoms with van der Waals surface area (Å²) in [5.41, 5.74) is 0.853. The van der Waals surface area contributed by atoms with Gasteiger partial charge in [-0.1, -0.05) is 42.5 Å². The van der Waals surface area contributed by atoms with E-state index in [1.165, 1.54) is 0 Å². The summed E-state index contributed by atoms with van der Waals surface area (Å²) in [5.74, 6) is 0.575. The molecule has 0 aliphatic carbocycles. The Bertz CT molecular complexity index is 752. The standard InChI is InChI=1S/C18H22NO6P/c1-2-23-16-10-6-7-11-17(16)25-26(21,22)13-12-19-18(20)24-14-15-8-4-3-5-9-15/h3-11H,2,12-14H2,1H3,(H,19,20)(H,21,22). The molecule has 0 heterocycles. The third kappa shape index (κ3) is 6.78. The van der Waals surface area contributed by atoms with Gasteiger partial charge in [-0.15, -0.1) is 0 Å². The molecule has 0 saturated heterocycles. The van der Waals surface area contributed by atoms with Crippen LogP contribution in [-0.4, -0.2) is 30.3 Å². The molecule has 0 radical (unpaired) electrons.